The minimum atomic E-state index is 0.884. The van der Waals surface area contributed by atoms with E-state index in [1.165, 1.54) is 38.6 Å². The predicted octanol–water partition coefficient (Wildman–Crippen LogP) is 3.49. The van der Waals surface area contributed by atoms with Gasteiger partial charge in [0, 0.05) is 32.6 Å². The van der Waals surface area contributed by atoms with Gasteiger partial charge in [0.1, 0.15) is 17.5 Å². The average molecular weight is 288 g/mol. The molecule has 2 aliphatic rings. The van der Waals surface area contributed by atoms with Gasteiger partial charge in [-0.25, -0.2) is 9.97 Å². The molecule has 2 atom stereocenters. The van der Waals surface area contributed by atoms with Gasteiger partial charge in [0.05, 0.1) is 0 Å². The topological polar surface area (TPSA) is 41.1 Å². The number of piperidine rings is 1. The zero-order valence-electron chi connectivity index (χ0n) is 13.4. The van der Waals surface area contributed by atoms with Gasteiger partial charge in [-0.15, -0.1) is 0 Å². The zero-order chi connectivity index (χ0) is 14.7. The highest BCUT2D eigenvalue weighted by Crippen LogP contribution is 2.37. The van der Waals surface area contributed by atoms with Crippen LogP contribution in [-0.2, 0) is 6.42 Å². The lowest BCUT2D eigenvalue weighted by molar-refractivity contribution is 0.202. The first kappa shape index (κ1) is 14.6. The van der Waals surface area contributed by atoms with Crippen molar-refractivity contribution in [2.24, 2.45) is 11.8 Å². The number of nitrogens with zero attached hydrogens (tertiary/aromatic N) is 3. The van der Waals surface area contributed by atoms with E-state index in [9.17, 15) is 0 Å². The van der Waals surface area contributed by atoms with Gasteiger partial charge in [-0.2, -0.15) is 0 Å². The van der Waals surface area contributed by atoms with Gasteiger partial charge in [-0.3, -0.25) is 0 Å². The maximum absolute atomic E-state index is 4.81. The number of hydrogen-bond donors (Lipinski definition) is 1. The van der Waals surface area contributed by atoms with Gasteiger partial charge in [0.2, 0.25) is 0 Å². The molecule has 1 aromatic rings. The number of nitrogens with one attached hydrogen (secondary N) is 1. The van der Waals surface area contributed by atoms with Crippen LogP contribution in [0.2, 0.25) is 0 Å². The maximum Gasteiger partial charge on any atom is 0.134 e. The van der Waals surface area contributed by atoms with E-state index < -0.39 is 0 Å². The van der Waals surface area contributed by atoms with Crippen molar-refractivity contribution in [3.63, 3.8) is 0 Å². The van der Waals surface area contributed by atoms with Crippen LogP contribution in [0.3, 0.4) is 0 Å². The van der Waals surface area contributed by atoms with Crippen LogP contribution in [0.25, 0.3) is 0 Å². The van der Waals surface area contributed by atoms with Crippen molar-refractivity contribution in [3.8, 4) is 0 Å². The Labute approximate surface area is 128 Å². The van der Waals surface area contributed by atoms with Crippen LogP contribution in [0.15, 0.2) is 6.07 Å². The molecule has 21 heavy (non-hydrogen) atoms. The quantitative estimate of drug-likeness (QED) is 0.921. The number of anilines is 2. The number of hydrogen-bond acceptors (Lipinski definition) is 4. The molecule has 0 radical (unpaired) electrons. The second kappa shape index (κ2) is 6.63. The molecular formula is C17H28N4. The van der Waals surface area contributed by atoms with Crippen LogP contribution in [0.1, 0.15) is 51.3 Å². The molecule has 4 nitrogen and oxygen atoms in total. The standard InChI is InChI=1S/C17H28N4/c1-3-6-15-19-16(18-2)11-17(20-15)21-10-9-13-7-4-5-8-14(13)12-21/h11,13-14H,3-10,12H2,1-2H3,(H,18,19,20). The smallest absolute Gasteiger partial charge is 0.134 e. The summed E-state index contributed by atoms with van der Waals surface area (Å²) in [5.41, 5.74) is 0. The fourth-order valence-corrected chi connectivity index (χ4v) is 3.92. The van der Waals surface area contributed by atoms with Crippen LogP contribution in [0.4, 0.5) is 11.6 Å². The lowest BCUT2D eigenvalue weighted by Crippen LogP contribution is -2.42. The SMILES string of the molecule is CCCc1nc(NC)cc(N2CCC3CCCCC3C2)n1. The summed E-state index contributed by atoms with van der Waals surface area (Å²) in [6.45, 7) is 4.53. The molecule has 1 N–H and O–H groups in total. The molecule has 116 valence electrons. The Kier molecular flexibility index (Phi) is 4.61. The first-order valence-corrected chi connectivity index (χ1v) is 8.60. The molecule has 1 aliphatic carbocycles. The van der Waals surface area contributed by atoms with Crippen molar-refractivity contribution in [3.05, 3.63) is 11.9 Å². The highest BCUT2D eigenvalue weighted by molar-refractivity contribution is 5.49. The molecule has 1 aliphatic heterocycles. The third-order valence-electron chi connectivity index (χ3n) is 5.10. The number of fused-ring (bicyclic) bond motifs is 1. The number of aryl methyl sites for hydroxylation is 1. The highest BCUT2D eigenvalue weighted by atomic mass is 15.2. The van der Waals surface area contributed by atoms with Crippen molar-refractivity contribution in [2.75, 3.05) is 30.4 Å². The average Bonchev–Trinajstić information content (AvgIpc) is 2.54. The fourth-order valence-electron chi connectivity index (χ4n) is 3.92. The van der Waals surface area contributed by atoms with Crippen molar-refractivity contribution < 1.29 is 0 Å². The Morgan fingerprint density at radius 3 is 2.76 bits per heavy atom. The molecule has 2 heterocycles. The lowest BCUT2D eigenvalue weighted by Gasteiger charge is -2.41. The van der Waals surface area contributed by atoms with E-state index in [2.05, 4.69) is 28.2 Å². The lowest BCUT2D eigenvalue weighted by atomic mass is 9.75. The summed E-state index contributed by atoms with van der Waals surface area (Å²) in [5.74, 6) is 4.91. The van der Waals surface area contributed by atoms with E-state index in [0.717, 1.165) is 48.7 Å². The second-order valence-electron chi connectivity index (χ2n) is 6.57. The summed E-state index contributed by atoms with van der Waals surface area (Å²) in [4.78, 5) is 11.9. The van der Waals surface area contributed by atoms with E-state index in [1.807, 2.05) is 7.05 Å². The van der Waals surface area contributed by atoms with Gasteiger partial charge >= 0.3 is 0 Å². The third-order valence-corrected chi connectivity index (χ3v) is 5.10. The summed E-state index contributed by atoms with van der Waals surface area (Å²) in [5, 5.41) is 3.18. The Hall–Kier alpha value is -1.32. The summed E-state index contributed by atoms with van der Waals surface area (Å²) >= 11 is 0. The predicted molar refractivity (Wildman–Crippen MR) is 87.9 cm³/mol. The molecule has 1 saturated heterocycles. The van der Waals surface area contributed by atoms with Gasteiger partial charge < -0.3 is 10.2 Å². The van der Waals surface area contributed by atoms with E-state index in [0.29, 0.717) is 0 Å². The molecule has 4 heteroatoms. The van der Waals surface area contributed by atoms with Gasteiger partial charge in [-0.05, 0) is 31.1 Å². The van der Waals surface area contributed by atoms with E-state index >= 15 is 0 Å². The molecule has 0 amide bonds. The first-order chi connectivity index (χ1) is 10.3. The molecular weight excluding hydrogens is 260 g/mol. The van der Waals surface area contributed by atoms with Crippen molar-refractivity contribution in [1.82, 2.24) is 9.97 Å². The number of aromatic nitrogens is 2. The molecule has 1 saturated carbocycles. The van der Waals surface area contributed by atoms with Gasteiger partial charge in [0.15, 0.2) is 0 Å². The van der Waals surface area contributed by atoms with Crippen LogP contribution in [-0.4, -0.2) is 30.1 Å². The van der Waals surface area contributed by atoms with Crippen molar-refractivity contribution >= 4 is 11.6 Å². The van der Waals surface area contributed by atoms with Gasteiger partial charge in [-0.1, -0.05) is 26.2 Å². The Morgan fingerprint density at radius 1 is 1.19 bits per heavy atom. The molecule has 1 aromatic heterocycles. The molecule has 0 bridgehead atoms. The molecule has 3 rings (SSSR count). The summed E-state index contributed by atoms with van der Waals surface area (Å²) in [7, 11) is 1.94. The molecule has 0 spiro atoms. The first-order valence-electron chi connectivity index (χ1n) is 8.60. The number of rotatable bonds is 4. The third kappa shape index (κ3) is 3.30. The minimum Gasteiger partial charge on any atom is -0.373 e. The van der Waals surface area contributed by atoms with Crippen molar-refractivity contribution in [2.45, 2.75) is 51.9 Å². The summed E-state index contributed by atoms with van der Waals surface area (Å²) in [6, 6.07) is 2.11. The van der Waals surface area contributed by atoms with Crippen LogP contribution in [0, 0.1) is 11.8 Å². The maximum atomic E-state index is 4.81. The van der Waals surface area contributed by atoms with E-state index in [4.69, 9.17) is 4.98 Å². The molecule has 2 unspecified atom stereocenters. The minimum absolute atomic E-state index is 0.884. The Bertz CT molecular complexity index is 474. The zero-order valence-corrected chi connectivity index (χ0v) is 13.4. The second-order valence-corrected chi connectivity index (χ2v) is 6.57. The van der Waals surface area contributed by atoms with Crippen LogP contribution in [0.5, 0.6) is 0 Å². The summed E-state index contributed by atoms with van der Waals surface area (Å²) in [6.07, 6.45) is 9.12. The molecule has 2 fully saturated rings. The van der Waals surface area contributed by atoms with Gasteiger partial charge in [0.25, 0.3) is 0 Å². The van der Waals surface area contributed by atoms with Crippen LogP contribution >= 0.6 is 0 Å². The van der Waals surface area contributed by atoms with Crippen LogP contribution < -0.4 is 10.2 Å². The summed E-state index contributed by atoms with van der Waals surface area (Å²) < 4.78 is 0. The largest absolute Gasteiger partial charge is 0.373 e. The monoisotopic (exact) mass is 288 g/mol. The Morgan fingerprint density at radius 2 is 2.00 bits per heavy atom. The highest BCUT2D eigenvalue weighted by Gasteiger charge is 2.31. The van der Waals surface area contributed by atoms with E-state index in [1.54, 1.807) is 0 Å². The van der Waals surface area contributed by atoms with Crippen molar-refractivity contribution in [1.29, 1.82) is 0 Å². The molecule has 0 aromatic carbocycles. The van der Waals surface area contributed by atoms with E-state index in [-0.39, 0.29) is 0 Å². The Balaban J connectivity index is 1.77. The normalized spacial score (nSPS) is 25.5. The fraction of sp³-hybridized carbons (Fsp3) is 0.765.